The fourth-order valence-electron chi connectivity index (χ4n) is 3.01. The number of nitrogens with one attached hydrogen (secondary N) is 2. The van der Waals surface area contributed by atoms with E-state index in [0.29, 0.717) is 0 Å². The van der Waals surface area contributed by atoms with E-state index in [1.165, 1.54) is 32.1 Å². The van der Waals surface area contributed by atoms with E-state index >= 15 is 0 Å². The van der Waals surface area contributed by atoms with Crippen LogP contribution >= 0.6 is 11.8 Å². The van der Waals surface area contributed by atoms with Crippen molar-refractivity contribution in [3.63, 3.8) is 0 Å². The maximum absolute atomic E-state index is 12.5. The van der Waals surface area contributed by atoms with Crippen LogP contribution in [0.3, 0.4) is 0 Å². The maximum atomic E-state index is 12.5. The van der Waals surface area contributed by atoms with Crippen molar-refractivity contribution in [1.82, 2.24) is 5.32 Å². The molecular weight excluding hydrogens is 280 g/mol. The Kier molecular flexibility index (Phi) is 5.97. The predicted molar refractivity (Wildman–Crippen MR) is 92.3 cm³/mol. The van der Waals surface area contributed by atoms with Gasteiger partial charge in [0, 0.05) is 23.5 Å². The quantitative estimate of drug-likeness (QED) is 0.837. The minimum absolute atomic E-state index is 0.0329. The molecule has 0 spiro atoms. The molecule has 0 atom stereocenters. The van der Waals surface area contributed by atoms with Gasteiger partial charge in [-0.2, -0.15) is 11.8 Å². The first-order chi connectivity index (χ1) is 10.2. The van der Waals surface area contributed by atoms with Gasteiger partial charge in [-0.15, -0.1) is 0 Å². The van der Waals surface area contributed by atoms with Crippen LogP contribution in [0.5, 0.6) is 0 Å². The van der Waals surface area contributed by atoms with E-state index in [1.54, 1.807) is 0 Å². The Morgan fingerprint density at radius 1 is 1.24 bits per heavy atom. The average Bonchev–Trinajstić information content (AvgIpc) is 2.54. The minimum atomic E-state index is 0.0329. The Morgan fingerprint density at radius 2 is 1.95 bits per heavy atom. The molecule has 4 heteroatoms. The molecule has 1 fully saturated rings. The maximum Gasteiger partial charge on any atom is 0.253 e. The Balaban J connectivity index is 2.01. The highest BCUT2D eigenvalue weighted by molar-refractivity contribution is 8.00. The summed E-state index contributed by atoms with van der Waals surface area (Å²) in [7, 11) is 0. The van der Waals surface area contributed by atoms with Crippen LogP contribution in [0.25, 0.3) is 0 Å². The third-order valence-corrected chi connectivity index (χ3v) is 5.73. The summed E-state index contributed by atoms with van der Waals surface area (Å²) in [5.74, 6) is 0.0329. The second-order valence-electron chi connectivity index (χ2n) is 5.71. The van der Waals surface area contributed by atoms with E-state index in [1.807, 2.05) is 43.0 Å². The third-order valence-electron chi connectivity index (χ3n) is 4.31. The lowest BCUT2D eigenvalue weighted by molar-refractivity contribution is 0.0947. The summed E-state index contributed by atoms with van der Waals surface area (Å²) < 4.78 is 0.237. The number of benzene rings is 1. The van der Waals surface area contributed by atoms with Crippen LogP contribution in [0.4, 0.5) is 5.69 Å². The summed E-state index contributed by atoms with van der Waals surface area (Å²) in [5, 5.41) is 6.41. The lowest BCUT2D eigenvalue weighted by Gasteiger charge is -2.35. The van der Waals surface area contributed by atoms with Gasteiger partial charge in [-0.3, -0.25) is 4.79 Å². The van der Waals surface area contributed by atoms with E-state index in [2.05, 4.69) is 16.9 Å². The van der Waals surface area contributed by atoms with Crippen molar-refractivity contribution in [3.05, 3.63) is 29.8 Å². The highest BCUT2D eigenvalue weighted by Gasteiger charge is 2.31. The fourth-order valence-corrected chi connectivity index (χ4v) is 3.92. The SMILES string of the molecule is CCNc1ccccc1C(=O)NCC1(SC)CCCCC1. The molecular formula is C17H26N2OS. The standard InChI is InChI=1S/C17H26N2OS/c1-3-18-15-10-6-5-9-14(15)16(20)19-13-17(21-2)11-7-4-8-12-17/h5-6,9-10,18H,3-4,7-8,11-13H2,1-2H3,(H,19,20). The van der Waals surface area contributed by atoms with Gasteiger partial charge < -0.3 is 10.6 Å². The van der Waals surface area contributed by atoms with Gasteiger partial charge in [0.15, 0.2) is 0 Å². The van der Waals surface area contributed by atoms with Gasteiger partial charge in [0.1, 0.15) is 0 Å². The zero-order valence-corrected chi connectivity index (χ0v) is 13.9. The predicted octanol–water partition coefficient (Wildman–Crippen LogP) is 3.91. The molecule has 116 valence electrons. The lowest BCUT2D eigenvalue weighted by atomic mass is 9.88. The van der Waals surface area contributed by atoms with E-state index in [4.69, 9.17) is 0 Å². The van der Waals surface area contributed by atoms with Gasteiger partial charge in [0.25, 0.3) is 5.91 Å². The first-order valence-electron chi connectivity index (χ1n) is 7.87. The number of hydrogen-bond donors (Lipinski definition) is 2. The van der Waals surface area contributed by atoms with Crippen LogP contribution in [0.2, 0.25) is 0 Å². The summed E-state index contributed by atoms with van der Waals surface area (Å²) in [5.41, 5.74) is 1.66. The number of rotatable bonds is 6. The van der Waals surface area contributed by atoms with Crippen LogP contribution in [0.1, 0.15) is 49.4 Å². The molecule has 0 aromatic heterocycles. The molecule has 0 bridgehead atoms. The van der Waals surface area contributed by atoms with E-state index in [0.717, 1.165) is 24.3 Å². The van der Waals surface area contributed by atoms with E-state index in [9.17, 15) is 4.79 Å². The summed E-state index contributed by atoms with van der Waals surface area (Å²) in [6.07, 6.45) is 8.49. The average molecular weight is 306 g/mol. The normalized spacial score (nSPS) is 17.2. The van der Waals surface area contributed by atoms with Gasteiger partial charge in [-0.25, -0.2) is 0 Å². The van der Waals surface area contributed by atoms with Crippen molar-refractivity contribution in [2.24, 2.45) is 0 Å². The van der Waals surface area contributed by atoms with Crippen molar-refractivity contribution in [1.29, 1.82) is 0 Å². The van der Waals surface area contributed by atoms with Gasteiger partial charge >= 0.3 is 0 Å². The Hall–Kier alpha value is -1.16. The van der Waals surface area contributed by atoms with Crippen LogP contribution in [0.15, 0.2) is 24.3 Å². The molecule has 0 radical (unpaired) electrons. The van der Waals surface area contributed by atoms with E-state index < -0.39 is 0 Å². The molecule has 1 amide bonds. The zero-order valence-electron chi connectivity index (χ0n) is 13.1. The minimum Gasteiger partial charge on any atom is -0.385 e. The van der Waals surface area contributed by atoms with Gasteiger partial charge in [-0.05, 0) is 38.2 Å². The van der Waals surface area contributed by atoms with Crippen molar-refractivity contribution in [3.8, 4) is 0 Å². The summed E-state index contributed by atoms with van der Waals surface area (Å²) >= 11 is 1.91. The molecule has 1 aliphatic rings. The van der Waals surface area contributed by atoms with Gasteiger partial charge in [0.2, 0.25) is 0 Å². The highest BCUT2D eigenvalue weighted by atomic mass is 32.2. The first kappa shape index (κ1) is 16.2. The smallest absolute Gasteiger partial charge is 0.253 e. The van der Waals surface area contributed by atoms with Crippen molar-refractivity contribution < 1.29 is 4.79 Å². The zero-order chi connectivity index (χ0) is 15.1. The molecule has 21 heavy (non-hydrogen) atoms. The summed E-state index contributed by atoms with van der Waals surface area (Å²) in [4.78, 5) is 12.5. The largest absolute Gasteiger partial charge is 0.385 e. The monoisotopic (exact) mass is 306 g/mol. The fraction of sp³-hybridized carbons (Fsp3) is 0.588. The number of thioether (sulfide) groups is 1. The molecule has 0 aliphatic heterocycles. The second-order valence-corrected chi connectivity index (χ2v) is 6.98. The van der Waals surface area contributed by atoms with Crippen LogP contribution in [0, 0.1) is 0 Å². The van der Waals surface area contributed by atoms with Crippen LogP contribution in [-0.2, 0) is 0 Å². The summed E-state index contributed by atoms with van der Waals surface area (Å²) in [6.45, 7) is 3.63. The van der Waals surface area contributed by atoms with Crippen molar-refractivity contribution >= 4 is 23.4 Å². The number of para-hydroxylation sites is 1. The Labute approximate surface area is 132 Å². The van der Waals surface area contributed by atoms with Crippen molar-refractivity contribution in [2.45, 2.75) is 43.8 Å². The number of carbonyl (C=O) groups excluding carboxylic acids is 1. The number of hydrogen-bond acceptors (Lipinski definition) is 3. The molecule has 2 rings (SSSR count). The van der Waals surface area contributed by atoms with Crippen LogP contribution < -0.4 is 10.6 Å². The molecule has 2 N–H and O–H groups in total. The molecule has 0 saturated heterocycles. The molecule has 1 aliphatic carbocycles. The number of carbonyl (C=O) groups is 1. The number of amides is 1. The van der Waals surface area contributed by atoms with Crippen molar-refractivity contribution in [2.75, 3.05) is 24.7 Å². The Bertz CT molecular complexity index is 470. The Morgan fingerprint density at radius 3 is 2.62 bits per heavy atom. The summed E-state index contributed by atoms with van der Waals surface area (Å²) in [6, 6.07) is 7.73. The molecule has 0 heterocycles. The van der Waals surface area contributed by atoms with Gasteiger partial charge in [0.05, 0.1) is 5.56 Å². The van der Waals surface area contributed by atoms with Crippen LogP contribution in [-0.4, -0.2) is 30.0 Å². The number of anilines is 1. The van der Waals surface area contributed by atoms with E-state index in [-0.39, 0.29) is 10.7 Å². The molecule has 1 aromatic rings. The molecule has 1 aromatic carbocycles. The topological polar surface area (TPSA) is 41.1 Å². The second kappa shape index (κ2) is 7.74. The molecule has 3 nitrogen and oxygen atoms in total. The highest BCUT2D eigenvalue weighted by Crippen LogP contribution is 2.38. The van der Waals surface area contributed by atoms with Gasteiger partial charge in [-0.1, -0.05) is 31.4 Å². The molecule has 0 unspecified atom stereocenters. The lowest BCUT2D eigenvalue weighted by Crippen LogP contribution is -2.41. The third kappa shape index (κ3) is 4.16. The molecule has 1 saturated carbocycles. The first-order valence-corrected chi connectivity index (χ1v) is 9.09.